The molecular weight excluding hydrogens is 380 g/mol. The van der Waals surface area contributed by atoms with Gasteiger partial charge in [-0.3, -0.25) is 4.90 Å². The van der Waals surface area contributed by atoms with Crippen molar-refractivity contribution in [2.75, 3.05) is 13.1 Å². The van der Waals surface area contributed by atoms with Gasteiger partial charge in [-0.05, 0) is 31.5 Å². The van der Waals surface area contributed by atoms with Gasteiger partial charge in [-0.1, -0.05) is 41.7 Å². The molecule has 3 aliphatic heterocycles. The minimum atomic E-state index is -1.26. The first-order chi connectivity index (χ1) is 13.5. The molecule has 0 radical (unpaired) electrons. The van der Waals surface area contributed by atoms with E-state index in [1.807, 2.05) is 35.2 Å². The molecule has 5 rings (SSSR count). The number of aliphatic carboxylic acids is 2. The first-order valence-electron chi connectivity index (χ1n) is 9.12. The number of rotatable bonds is 6. The number of carboxylic acid groups (broad SMARTS) is 2. The topological polar surface area (TPSA) is 100.0 Å². The number of thiazole rings is 1. The summed E-state index contributed by atoms with van der Waals surface area (Å²) in [5.41, 5.74) is 0.902. The quantitative estimate of drug-likeness (QED) is 0.719. The normalized spacial score (nSPS) is 26.8. The monoisotopic (exact) mass is 400 g/mol. The van der Waals surface area contributed by atoms with Crippen LogP contribution in [-0.2, 0) is 9.59 Å². The van der Waals surface area contributed by atoms with Crippen molar-refractivity contribution in [3.63, 3.8) is 0 Å². The third-order valence-corrected chi connectivity index (χ3v) is 6.30. The van der Waals surface area contributed by atoms with Gasteiger partial charge >= 0.3 is 11.9 Å². The van der Waals surface area contributed by atoms with Gasteiger partial charge in [0.1, 0.15) is 6.10 Å². The van der Waals surface area contributed by atoms with Crippen molar-refractivity contribution in [3.8, 4) is 15.6 Å². The predicted octanol–water partition coefficient (Wildman–Crippen LogP) is 2.75. The number of piperidine rings is 3. The van der Waals surface area contributed by atoms with E-state index in [-0.39, 0.29) is 11.5 Å². The van der Waals surface area contributed by atoms with E-state index in [0.717, 1.165) is 42.4 Å². The maximum atomic E-state index is 11.8. The number of fused-ring (bicyclic) bond motifs is 3. The molecule has 2 unspecified atom stereocenters. The number of aromatic nitrogens is 1. The zero-order valence-corrected chi connectivity index (χ0v) is 15.8. The molecule has 7 nitrogen and oxygen atoms in total. The SMILES string of the molecule is O=C(O)/C=C(/C(=O)O)C1C(Oc2ncc(-c3ccccc3)s2)C2CCN1CC2. The lowest BCUT2D eigenvalue weighted by Gasteiger charge is -2.50. The molecule has 3 aliphatic rings. The second-order valence-electron chi connectivity index (χ2n) is 7.00. The van der Waals surface area contributed by atoms with Gasteiger partial charge in [-0.15, -0.1) is 0 Å². The van der Waals surface area contributed by atoms with E-state index >= 15 is 0 Å². The maximum Gasteiger partial charge on any atom is 0.333 e. The van der Waals surface area contributed by atoms with Crippen LogP contribution in [0.3, 0.4) is 0 Å². The third-order valence-electron chi connectivity index (χ3n) is 5.37. The Kier molecular flexibility index (Phi) is 5.15. The van der Waals surface area contributed by atoms with Crippen molar-refractivity contribution < 1.29 is 24.5 Å². The van der Waals surface area contributed by atoms with Gasteiger partial charge in [0, 0.05) is 18.2 Å². The minimum Gasteiger partial charge on any atom is -0.478 e. The summed E-state index contributed by atoms with van der Waals surface area (Å²) in [4.78, 5) is 30.3. The number of hydrogen-bond donors (Lipinski definition) is 2. The third kappa shape index (κ3) is 3.65. The Morgan fingerprint density at radius 3 is 2.54 bits per heavy atom. The number of carboxylic acids is 2. The summed E-state index contributed by atoms with van der Waals surface area (Å²) >= 11 is 1.41. The van der Waals surface area contributed by atoms with Crippen LogP contribution in [0.2, 0.25) is 0 Å². The standard InChI is InChI=1S/C20H20N2O5S/c23-16(24)10-14(19(25)26)17-18(13-6-8-22(17)9-7-13)27-20-21-11-15(28-20)12-4-2-1-3-5-12/h1-5,10-11,13,17-18H,6-9H2,(H,23,24)(H,25,26)/b14-10+. The second kappa shape index (κ2) is 7.73. The highest BCUT2D eigenvalue weighted by Crippen LogP contribution is 2.39. The van der Waals surface area contributed by atoms with Gasteiger partial charge in [0.25, 0.3) is 5.19 Å². The van der Waals surface area contributed by atoms with Crippen molar-refractivity contribution in [2.45, 2.75) is 25.0 Å². The summed E-state index contributed by atoms with van der Waals surface area (Å²) in [7, 11) is 0. The van der Waals surface area contributed by atoms with E-state index in [0.29, 0.717) is 5.19 Å². The van der Waals surface area contributed by atoms with Crippen molar-refractivity contribution in [3.05, 3.63) is 48.2 Å². The summed E-state index contributed by atoms with van der Waals surface area (Å²) in [6.45, 7) is 1.49. The highest BCUT2D eigenvalue weighted by molar-refractivity contribution is 7.16. The molecule has 1 aromatic heterocycles. The molecule has 2 bridgehead atoms. The summed E-state index contributed by atoms with van der Waals surface area (Å²) in [6, 6.07) is 9.25. The van der Waals surface area contributed by atoms with Crippen molar-refractivity contribution >= 4 is 23.3 Å². The van der Waals surface area contributed by atoms with Crippen LogP contribution >= 0.6 is 11.3 Å². The predicted molar refractivity (Wildman–Crippen MR) is 103 cm³/mol. The van der Waals surface area contributed by atoms with E-state index in [1.165, 1.54) is 11.3 Å². The molecule has 28 heavy (non-hydrogen) atoms. The summed E-state index contributed by atoms with van der Waals surface area (Å²) in [5.74, 6) is -2.31. The molecule has 0 saturated carbocycles. The first kappa shape index (κ1) is 18.6. The van der Waals surface area contributed by atoms with E-state index in [2.05, 4.69) is 4.98 Å². The number of carbonyl (C=O) groups is 2. The molecule has 2 N–H and O–H groups in total. The average molecular weight is 400 g/mol. The van der Waals surface area contributed by atoms with Crippen LogP contribution < -0.4 is 4.74 Å². The number of benzene rings is 1. The smallest absolute Gasteiger partial charge is 0.333 e. The Morgan fingerprint density at radius 2 is 1.89 bits per heavy atom. The van der Waals surface area contributed by atoms with Crippen LogP contribution in [0.1, 0.15) is 12.8 Å². The first-order valence-corrected chi connectivity index (χ1v) is 9.94. The number of hydrogen-bond acceptors (Lipinski definition) is 6. The van der Waals surface area contributed by atoms with Crippen LogP contribution in [0.5, 0.6) is 5.19 Å². The van der Waals surface area contributed by atoms with Crippen LogP contribution in [0.25, 0.3) is 10.4 Å². The van der Waals surface area contributed by atoms with Gasteiger partial charge in [0.15, 0.2) is 0 Å². The molecule has 1 aromatic carbocycles. The zero-order valence-electron chi connectivity index (χ0n) is 15.0. The Morgan fingerprint density at radius 1 is 1.18 bits per heavy atom. The molecule has 8 heteroatoms. The fraction of sp³-hybridized carbons (Fsp3) is 0.350. The highest BCUT2D eigenvalue weighted by Gasteiger charge is 2.47. The number of nitrogens with zero attached hydrogens (tertiary/aromatic N) is 2. The van der Waals surface area contributed by atoms with Crippen molar-refractivity contribution in [1.29, 1.82) is 0 Å². The molecular formula is C20H20N2O5S. The average Bonchev–Trinajstić information content (AvgIpc) is 3.16. The summed E-state index contributed by atoms with van der Waals surface area (Å²) in [6.07, 6.45) is 3.91. The van der Waals surface area contributed by atoms with Crippen molar-refractivity contribution in [2.24, 2.45) is 5.92 Å². The van der Waals surface area contributed by atoms with Gasteiger partial charge in [0.05, 0.1) is 16.5 Å². The van der Waals surface area contributed by atoms with Gasteiger partial charge in [-0.25, -0.2) is 14.6 Å². The molecule has 2 atom stereocenters. The highest BCUT2D eigenvalue weighted by atomic mass is 32.1. The second-order valence-corrected chi connectivity index (χ2v) is 7.99. The number of ether oxygens (including phenoxy) is 1. The van der Waals surface area contributed by atoms with Crippen LogP contribution in [0.15, 0.2) is 48.2 Å². The van der Waals surface area contributed by atoms with Crippen molar-refractivity contribution in [1.82, 2.24) is 9.88 Å². The molecule has 0 aliphatic carbocycles. The summed E-state index contributed by atoms with van der Waals surface area (Å²) < 4.78 is 6.19. The Bertz CT molecular complexity index is 902. The van der Waals surface area contributed by atoms with Crippen LogP contribution in [0.4, 0.5) is 0 Å². The molecule has 146 valence electrons. The summed E-state index contributed by atoms with van der Waals surface area (Å²) in [5, 5.41) is 19.2. The molecule has 3 saturated heterocycles. The van der Waals surface area contributed by atoms with E-state index < -0.39 is 24.1 Å². The molecule has 4 heterocycles. The van der Waals surface area contributed by atoms with Crippen LogP contribution in [0, 0.1) is 5.92 Å². The van der Waals surface area contributed by atoms with E-state index in [1.54, 1.807) is 6.20 Å². The lowest BCUT2D eigenvalue weighted by Crippen LogP contribution is -2.61. The minimum absolute atomic E-state index is 0.137. The van der Waals surface area contributed by atoms with Gasteiger partial charge < -0.3 is 14.9 Å². The molecule has 0 amide bonds. The Labute approximate surface area is 165 Å². The fourth-order valence-corrected chi connectivity index (χ4v) is 4.91. The lowest BCUT2D eigenvalue weighted by molar-refractivity contribution is -0.137. The Hall–Kier alpha value is -2.71. The zero-order chi connectivity index (χ0) is 19.7. The van der Waals surface area contributed by atoms with E-state index in [4.69, 9.17) is 9.84 Å². The van der Waals surface area contributed by atoms with Gasteiger partial charge in [0.2, 0.25) is 0 Å². The largest absolute Gasteiger partial charge is 0.478 e. The molecule has 2 aromatic rings. The maximum absolute atomic E-state index is 11.8. The van der Waals surface area contributed by atoms with E-state index in [9.17, 15) is 14.7 Å². The van der Waals surface area contributed by atoms with Gasteiger partial charge in [-0.2, -0.15) is 0 Å². The molecule has 3 fully saturated rings. The molecule has 0 spiro atoms. The Balaban J connectivity index is 1.62. The fourth-order valence-electron chi connectivity index (χ4n) is 4.10. The van der Waals surface area contributed by atoms with Crippen LogP contribution in [-0.4, -0.2) is 57.3 Å². The lowest BCUT2D eigenvalue weighted by atomic mass is 9.77.